The van der Waals surface area contributed by atoms with E-state index in [9.17, 15) is 4.79 Å². The van der Waals surface area contributed by atoms with Crippen molar-refractivity contribution in [2.45, 2.75) is 6.42 Å². The lowest BCUT2D eigenvalue weighted by Gasteiger charge is -2.35. The van der Waals surface area contributed by atoms with Gasteiger partial charge in [0.25, 0.3) is 0 Å². The first kappa shape index (κ1) is 13.6. The van der Waals surface area contributed by atoms with Crippen molar-refractivity contribution in [1.82, 2.24) is 14.9 Å². The first-order chi connectivity index (χ1) is 9.79. The van der Waals surface area contributed by atoms with Crippen molar-refractivity contribution < 1.29 is 4.79 Å². The van der Waals surface area contributed by atoms with Crippen LogP contribution < -0.4 is 4.90 Å². The van der Waals surface area contributed by atoms with Crippen molar-refractivity contribution in [3.05, 3.63) is 17.8 Å². The lowest BCUT2D eigenvalue weighted by molar-refractivity contribution is -0.131. The number of hydrogen-bond donors (Lipinski definition) is 1. The maximum Gasteiger partial charge on any atom is 0.223 e. The first-order valence-electron chi connectivity index (χ1n) is 6.61. The summed E-state index contributed by atoms with van der Waals surface area (Å²) in [7, 11) is 0. The second-order valence-electron chi connectivity index (χ2n) is 4.67. The largest absolute Gasteiger partial charge is 0.352 e. The zero-order valence-electron chi connectivity index (χ0n) is 11.0. The number of aromatic nitrogens is 2. The summed E-state index contributed by atoms with van der Waals surface area (Å²) in [5.41, 5.74) is 0.994. The van der Waals surface area contributed by atoms with Crippen LogP contribution in [0.15, 0.2) is 17.8 Å². The summed E-state index contributed by atoms with van der Waals surface area (Å²) in [5, 5.41) is 2.04. The normalized spacial score (nSPS) is 15.8. The number of thiophene rings is 1. The minimum atomic E-state index is 0.198. The fraction of sp³-hybridized carbons (Fsp3) is 0.462. The van der Waals surface area contributed by atoms with E-state index in [1.807, 2.05) is 16.3 Å². The summed E-state index contributed by atoms with van der Waals surface area (Å²) in [6.07, 6.45) is 2.13. The molecule has 2 aromatic rings. The van der Waals surface area contributed by atoms with Crippen LogP contribution >= 0.6 is 24.0 Å². The topological polar surface area (TPSA) is 49.3 Å². The van der Waals surface area contributed by atoms with Crippen LogP contribution in [0, 0.1) is 0 Å². The number of rotatable bonds is 3. The summed E-state index contributed by atoms with van der Waals surface area (Å²) in [6.45, 7) is 3.15. The third-order valence-electron chi connectivity index (χ3n) is 3.48. The highest BCUT2D eigenvalue weighted by atomic mass is 32.1. The predicted octanol–water partition coefficient (Wildman–Crippen LogP) is 1.66. The monoisotopic (exact) mass is 308 g/mol. The highest BCUT2D eigenvalue weighted by molar-refractivity contribution is 7.80. The minimum Gasteiger partial charge on any atom is -0.352 e. The summed E-state index contributed by atoms with van der Waals surface area (Å²) < 4.78 is 1.13. The number of amides is 1. The molecule has 0 aliphatic carbocycles. The molecule has 1 amide bonds. The molecule has 0 spiro atoms. The molecular weight excluding hydrogens is 292 g/mol. The van der Waals surface area contributed by atoms with Gasteiger partial charge in [0.15, 0.2) is 0 Å². The van der Waals surface area contributed by atoms with Crippen molar-refractivity contribution in [2.24, 2.45) is 0 Å². The maximum atomic E-state index is 11.8. The third kappa shape index (κ3) is 2.60. The molecule has 2 aromatic heterocycles. The van der Waals surface area contributed by atoms with Gasteiger partial charge in [-0.2, -0.15) is 12.6 Å². The number of thiol groups is 1. The van der Waals surface area contributed by atoms with Crippen LogP contribution in [0.5, 0.6) is 0 Å². The predicted molar refractivity (Wildman–Crippen MR) is 84.7 cm³/mol. The Morgan fingerprint density at radius 2 is 2.10 bits per heavy atom. The molecule has 1 aliphatic heterocycles. The van der Waals surface area contributed by atoms with Crippen molar-refractivity contribution in [1.29, 1.82) is 0 Å². The zero-order chi connectivity index (χ0) is 13.9. The molecule has 0 aromatic carbocycles. The standard InChI is InChI=1S/C13H16N4OS2/c18-11(1-7-19)16-3-5-17(6-4-16)13-12-10(2-8-20-12)14-9-15-13/h2,8-9,19H,1,3-7H2. The van der Waals surface area contributed by atoms with Gasteiger partial charge in [-0.1, -0.05) is 0 Å². The van der Waals surface area contributed by atoms with Gasteiger partial charge in [-0.3, -0.25) is 4.79 Å². The average Bonchev–Trinajstić information content (AvgIpc) is 2.96. The number of nitrogens with zero attached hydrogens (tertiary/aromatic N) is 4. The van der Waals surface area contributed by atoms with E-state index in [0.717, 1.165) is 42.2 Å². The molecular formula is C13H16N4OS2. The molecule has 106 valence electrons. The Morgan fingerprint density at radius 1 is 1.30 bits per heavy atom. The fourth-order valence-corrected chi connectivity index (χ4v) is 3.48. The molecule has 5 nitrogen and oxygen atoms in total. The van der Waals surface area contributed by atoms with Crippen LogP contribution in [-0.4, -0.2) is 52.7 Å². The first-order valence-corrected chi connectivity index (χ1v) is 8.12. The fourth-order valence-electron chi connectivity index (χ4n) is 2.42. The lowest BCUT2D eigenvalue weighted by atomic mass is 10.2. The molecule has 0 saturated carbocycles. The Morgan fingerprint density at radius 3 is 2.85 bits per heavy atom. The third-order valence-corrected chi connectivity index (χ3v) is 4.61. The molecule has 20 heavy (non-hydrogen) atoms. The van der Waals surface area contributed by atoms with E-state index in [1.165, 1.54) is 0 Å². The van der Waals surface area contributed by atoms with Gasteiger partial charge in [0.2, 0.25) is 5.91 Å². The Balaban J connectivity index is 1.72. The highest BCUT2D eigenvalue weighted by Gasteiger charge is 2.22. The Labute approximate surface area is 127 Å². The second kappa shape index (κ2) is 5.97. The number of fused-ring (bicyclic) bond motifs is 1. The van der Waals surface area contributed by atoms with Gasteiger partial charge in [0, 0.05) is 32.6 Å². The van der Waals surface area contributed by atoms with Crippen LogP contribution in [0.1, 0.15) is 6.42 Å². The van der Waals surface area contributed by atoms with Crippen LogP contribution in [0.25, 0.3) is 10.2 Å². The van der Waals surface area contributed by atoms with Crippen LogP contribution in [0.4, 0.5) is 5.82 Å². The second-order valence-corrected chi connectivity index (χ2v) is 6.04. The van der Waals surface area contributed by atoms with E-state index in [1.54, 1.807) is 17.7 Å². The molecule has 0 bridgehead atoms. The minimum absolute atomic E-state index is 0.198. The van der Waals surface area contributed by atoms with Gasteiger partial charge < -0.3 is 9.80 Å². The van der Waals surface area contributed by atoms with Gasteiger partial charge in [-0.25, -0.2) is 9.97 Å². The number of anilines is 1. The molecule has 1 fully saturated rings. The number of carbonyl (C=O) groups excluding carboxylic acids is 1. The van der Waals surface area contributed by atoms with Crippen molar-refractivity contribution in [3.63, 3.8) is 0 Å². The number of carbonyl (C=O) groups is 1. The van der Waals surface area contributed by atoms with E-state index in [4.69, 9.17) is 0 Å². The maximum absolute atomic E-state index is 11.8. The van der Waals surface area contributed by atoms with E-state index in [2.05, 4.69) is 27.5 Å². The molecule has 1 saturated heterocycles. The summed E-state index contributed by atoms with van der Waals surface area (Å²) in [4.78, 5) is 24.7. The van der Waals surface area contributed by atoms with Gasteiger partial charge >= 0.3 is 0 Å². The quantitative estimate of drug-likeness (QED) is 0.876. The van der Waals surface area contributed by atoms with Gasteiger partial charge in [0.05, 0.1) is 10.2 Å². The van der Waals surface area contributed by atoms with Crippen LogP contribution in [0.2, 0.25) is 0 Å². The molecule has 3 heterocycles. The molecule has 1 aliphatic rings. The molecule has 0 radical (unpaired) electrons. The summed E-state index contributed by atoms with van der Waals surface area (Å²) in [6, 6.07) is 2.01. The number of hydrogen-bond acceptors (Lipinski definition) is 6. The van der Waals surface area contributed by atoms with Crippen molar-refractivity contribution in [2.75, 3.05) is 36.8 Å². The lowest BCUT2D eigenvalue weighted by Crippen LogP contribution is -2.49. The van der Waals surface area contributed by atoms with E-state index < -0.39 is 0 Å². The number of piperazine rings is 1. The molecule has 0 atom stereocenters. The average molecular weight is 308 g/mol. The molecule has 0 unspecified atom stereocenters. The molecule has 3 rings (SSSR count). The smallest absolute Gasteiger partial charge is 0.223 e. The Kier molecular flexibility index (Phi) is 4.07. The van der Waals surface area contributed by atoms with Gasteiger partial charge in [-0.05, 0) is 17.2 Å². The van der Waals surface area contributed by atoms with Crippen LogP contribution in [0.3, 0.4) is 0 Å². The highest BCUT2D eigenvalue weighted by Crippen LogP contribution is 2.28. The van der Waals surface area contributed by atoms with Crippen molar-refractivity contribution >= 4 is 45.9 Å². The van der Waals surface area contributed by atoms with E-state index in [0.29, 0.717) is 12.2 Å². The summed E-state index contributed by atoms with van der Waals surface area (Å²) in [5.74, 6) is 1.80. The Bertz CT molecular complexity index is 607. The van der Waals surface area contributed by atoms with Crippen molar-refractivity contribution in [3.8, 4) is 0 Å². The van der Waals surface area contributed by atoms with Crippen LogP contribution in [-0.2, 0) is 4.79 Å². The SMILES string of the molecule is O=C(CCS)N1CCN(c2ncnc3ccsc23)CC1. The molecule has 7 heteroatoms. The van der Waals surface area contributed by atoms with Gasteiger partial charge in [0.1, 0.15) is 12.1 Å². The zero-order valence-corrected chi connectivity index (χ0v) is 12.7. The van der Waals surface area contributed by atoms with E-state index in [-0.39, 0.29) is 5.91 Å². The summed E-state index contributed by atoms with van der Waals surface area (Å²) >= 11 is 5.78. The Hall–Kier alpha value is -1.34. The molecule has 0 N–H and O–H groups in total. The van der Waals surface area contributed by atoms with Gasteiger partial charge in [-0.15, -0.1) is 11.3 Å². The van der Waals surface area contributed by atoms with E-state index >= 15 is 0 Å².